The van der Waals surface area contributed by atoms with Crippen LogP contribution in [-0.4, -0.2) is 28.2 Å². The zero-order valence-corrected chi connectivity index (χ0v) is 19.4. The first kappa shape index (κ1) is 21.8. The Morgan fingerprint density at radius 2 is 1.81 bits per heavy atom. The quantitative estimate of drug-likeness (QED) is 0.450. The van der Waals surface area contributed by atoms with Crippen molar-refractivity contribution in [3.63, 3.8) is 0 Å². The van der Waals surface area contributed by atoms with Crippen LogP contribution in [0, 0.1) is 6.92 Å². The van der Waals surface area contributed by atoms with Gasteiger partial charge in [0.2, 0.25) is 0 Å². The van der Waals surface area contributed by atoms with Gasteiger partial charge in [0.25, 0.3) is 11.5 Å². The van der Waals surface area contributed by atoms with E-state index in [2.05, 4.69) is 36.1 Å². The Morgan fingerprint density at radius 1 is 1.12 bits per heavy atom. The highest BCUT2D eigenvalue weighted by molar-refractivity contribution is 7.19. The molecule has 1 N–H and O–H groups in total. The van der Waals surface area contributed by atoms with Crippen LogP contribution >= 0.6 is 11.3 Å². The van der Waals surface area contributed by atoms with Crippen molar-refractivity contribution in [1.82, 2.24) is 9.66 Å². The summed E-state index contributed by atoms with van der Waals surface area (Å²) in [6.07, 6.45) is 1.37. The molecule has 0 spiro atoms. The molecule has 0 aliphatic rings. The highest BCUT2D eigenvalue weighted by Gasteiger charge is 2.18. The Bertz CT molecular complexity index is 1310. The first-order chi connectivity index (χ1) is 15.4. The molecule has 0 fully saturated rings. The summed E-state index contributed by atoms with van der Waals surface area (Å²) >= 11 is 1.48. The van der Waals surface area contributed by atoms with Crippen LogP contribution in [0.3, 0.4) is 0 Å². The van der Waals surface area contributed by atoms with Crippen molar-refractivity contribution >= 4 is 33.1 Å². The minimum atomic E-state index is -0.361. The normalized spacial score (nSPS) is 11.2. The fourth-order valence-electron chi connectivity index (χ4n) is 3.96. The van der Waals surface area contributed by atoms with Crippen molar-refractivity contribution in [2.75, 3.05) is 16.9 Å². The van der Waals surface area contributed by atoms with E-state index in [1.165, 1.54) is 22.3 Å². The van der Waals surface area contributed by atoms with E-state index >= 15 is 0 Å². The number of anilines is 1. The van der Waals surface area contributed by atoms with Crippen molar-refractivity contribution in [1.29, 1.82) is 0 Å². The third-order valence-electron chi connectivity index (χ3n) is 5.50. The minimum Gasteiger partial charge on any atom is -0.369 e. The molecule has 0 unspecified atom stereocenters. The summed E-state index contributed by atoms with van der Waals surface area (Å²) in [4.78, 5) is 34.4. The van der Waals surface area contributed by atoms with Gasteiger partial charge in [-0.2, -0.15) is 0 Å². The number of hydrogen-bond donors (Lipinski definition) is 1. The molecule has 1 amide bonds. The summed E-state index contributed by atoms with van der Waals surface area (Å²) in [5.41, 5.74) is 5.75. The molecule has 7 heteroatoms. The van der Waals surface area contributed by atoms with Gasteiger partial charge >= 0.3 is 0 Å². The lowest BCUT2D eigenvalue weighted by molar-refractivity contribution is 0.101. The Hall–Kier alpha value is -3.45. The fraction of sp³-hybridized carbons (Fsp3) is 0.240. The van der Waals surface area contributed by atoms with E-state index in [0.29, 0.717) is 21.8 Å². The standard InChI is InChI=1S/C25H26N4O2S/c1-5-28(16(2)3)20-13-11-19(12-14-20)23(30)27-29-15-26-24-22(25(29)31)21(17(4)32-24)18-9-7-6-8-10-18/h6-16H,5H2,1-4H3,(H,27,30). The van der Waals surface area contributed by atoms with Crippen LogP contribution in [0.1, 0.15) is 36.0 Å². The third kappa shape index (κ3) is 4.03. The Labute approximate surface area is 191 Å². The predicted octanol–water partition coefficient (Wildman–Crippen LogP) is 5.05. The lowest BCUT2D eigenvalue weighted by atomic mass is 10.0. The number of benzene rings is 2. The van der Waals surface area contributed by atoms with Crippen LogP contribution in [0.4, 0.5) is 5.69 Å². The molecule has 32 heavy (non-hydrogen) atoms. The van der Waals surface area contributed by atoms with Crippen LogP contribution in [0.2, 0.25) is 0 Å². The molecule has 4 rings (SSSR count). The van der Waals surface area contributed by atoms with Gasteiger partial charge in [-0.15, -0.1) is 11.3 Å². The SMILES string of the molecule is CCN(c1ccc(C(=O)Nn2cnc3sc(C)c(-c4ccccc4)c3c2=O)cc1)C(C)C. The van der Waals surface area contributed by atoms with Crippen LogP contribution in [0.25, 0.3) is 21.3 Å². The number of nitrogens with zero attached hydrogens (tertiary/aromatic N) is 3. The van der Waals surface area contributed by atoms with E-state index in [1.54, 1.807) is 12.1 Å². The molecule has 2 heterocycles. The van der Waals surface area contributed by atoms with E-state index < -0.39 is 0 Å². The molecule has 0 saturated carbocycles. The molecule has 2 aromatic heterocycles. The average molecular weight is 447 g/mol. The largest absolute Gasteiger partial charge is 0.369 e. The van der Waals surface area contributed by atoms with Gasteiger partial charge in [0.05, 0.1) is 5.39 Å². The highest BCUT2D eigenvalue weighted by Crippen LogP contribution is 2.35. The molecule has 0 bridgehead atoms. The second kappa shape index (κ2) is 8.96. The maximum atomic E-state index is 13.3. The number of aromatic nitrogens is 2. The molecule has 0 saturated heterocycles. The van der Waals surface area contributed by atoms with Gasteiger partial charge in [-0.1, -0.05) is 30.3 Å². The van der Waals surface area contributed by atoms with Crippen LogP contribution < -0.4 is 15.9 Å². The topological polar surface area (TPSA) is 67.2 Å². The van der Waals surface area contributed by atoms with E-state index in [9.17, 15) is 9.59 Å². The van der Waals surface area contributed by atoms with E-state index in [0.717, 1.165) is 28.2 Å². The number of aryl methyl sites for hydroxylation is 1. The van der Waals surface area contributed by atoms with Gasteiger partial charge in [-0.05, 0) is 57.5 Å². The molecule has 0 aliphatic heterocycles. The first-order valence-corrected chi connectivity index (χ1v) is 11.5. The van der Waals surface area contributed by atoms with Gasteiger partial charge in [0.1, 0.15) is 11.2 Å². The average Bonchev–Trinajstić information content (AvgIpc) is 3.13. The van der Waals surface area contributed by atoms with Gasteiger partial charge < -0.3 is 4.90 Å². The lowest BCUT2D eigenvalue weighted by Crippen LogP contribution is -2.33. The molecule has 0 atom stereocenters. The number of hydrogen-bond acceptors (Lipinski definition) is 5. The zero-order valence-electron chi connectivity index (χ0n) is 18.6. The fourth-order valence-corrected chi connectivity index (χ4v) is 4.96. The molecule has 4 aromatic rings. The van der Waals surface area contributed by atoms with Crippen molar-refractivity contribution in [3.05, 3.63) is 81.7 Å². The smallest absolute Gasteiger partial charge is 0.281 e. The second-order valence-electron chi connectivity index (χ2n) is 7.87. The number of nitrogens with one attached hydrogen (secondary N) is 1. The van der Waals surface area contributed by atoms with Crippen molar-refractivity contribution < 1.29 is 4.79 Å². The Balaban J connectivity index is 1.66. The minimum absolute atomic E-state index is 0.292. The van der Waals surface area contributed by atoms with Crippen LogP contribution in [0.5, 0.6) is 0 Å². The third-order valence-corrected chi connectivity index (χ3v) is 6.51. The van der Waals surface area contributed by atoms with Crippen molar-refractivity contribution in [2.24, 2.45) is 0 Å². The monoisotopic (exact) mass is 446 g/mol. The molecular weight excluding hydrogens is 420 g/mol. The van der Waals surface area contributed by atoms with Crippen LogP contribution in [0.15, 0.2) is 65.7 Å². The van der Waals surface area contributed by atoms with Crippen molar-refractivity contribution in [2.45, 2.75) is 33.7 Å². The summed E-state index contributed by atoms with van der Waals surface area (Å²) in [5.74, 6) is -0.361. The number of rotatable bonds is 6. The lowest BCUT2D eigenvalue weighted by Gasteiger charge is -2.27. The number of thiophene rings is 1. The summed E-state index contributed by atoms with van der Waals surface area (Å²) in [6.45, 7) is 9.24. The second-order valence-corrected chi connectivity index (χ2v) is 9.07. The van der Waals surface area contributed by atoms with Gasteiger partial charge in [0.15, 0.2) is 0 Å². The molecule has 6 nitrogen and oxygen atoms in total. The number of fused-ring (bicyclic) bond motifs is 1. The number of amides is 1. The summed E-state index contributed by atoms with van der Waals surface area (Å²) < 4.78 is 1.17. The first-order valence-electron chi connectivity index (χ1n) is 10.6. The predicted molar refractivity (Wildman–Crippen MR) is 132 cm³/mol. The number of carbonyl (C=O) groups excluding carboxylic acids is 1. The summed E-state index contributed by atoms with van der Waals surface area (Å²) in [5, 5.41) is 0.521. The summed E-state index contributed by atoms with van der Waals surface area (Å²) in [6, 6.07) is 17.5. The molecule has 2 aromatic carbocycles. The van der Waals surface area contributed by atoms with E-state index in [1.807, 2.05) is 49.4 Å². The van der Waals surface area contributed by atoms with E-state index in [4.69, 9.17) is 0 Å². The van der Waals surface area contributed by atoms with E-state index in [-0.39, 0.29) is 11.5 Å². The zero-order chi connectivity index (χ0) is 22.8. The summed E-state index contributed by atoms with van der Waals surface area (Å²) in [7, 11) is 0. The Morgan fingerprint density at radius 3 is 2.44 bits per heavy atom. The number of carbonyl (C=O) groups is 1. The molecule has 0 radical (unpaired) electrons. The van der Waals surface area contributed by atoms with Crippen LogP contribution in [-0.2, 0) is 0 Å². The maximum absolute atomic E-state index is 13.3. The van der Waals surface area contributed by atoms with Crippen molar-refractivity contribution in [3.8, 4) is 11.1 Å². The van der Waals surface area contributed by atoms with Gasteiger partial charge in [0, 0.05) is 34.3 Å². The molecule has 0 aliphatic carbocycles. The Kier molecular flexibility index (Phi) is 6.10. The van der Waals surface area contributed by atoms with Gasteiger partial charge in [-0.25, -0.2) is 9.66 Å². The molecular formula is C25H26N4O2S. The maximum Gasteiger partial charge on any atom is 0.281 e. The highest BCUT2D eigenvalue weighted by atomic mass is 32.1. The van der Waals surface area contributed by atoms with Gasteiger partial charge in [-0.3, -0.25) is 15.0 Å². The molecule has 164 valence electrons.